The molecule has 92 valence electrons. The van der Waals surface area contributed by atoms with Crippen molar-refractivity contribution in [3.8, 4) is 11.3 Å². The summed E-state index contributed by atoms with van der Waals surface area (Å²) < 4.78 is 13.1. The number of nitrogens with one attached hydrogen (secondary N) is 1. The minimum absolute atomic E-state index is 0.254. The molecule has 1 aliphatic rings. The molecule has 0 radical (unpaired) electrons. The summed E-state index contributed by atoms with van der Waals surface area (Å²) >= 11 is 0. The van der Waals surface area contributed by atoms with Gasteiger partial charge in [-0.05, 0) is 31.5 Å². The van der Waals surface area contributed by atoms with Crippen LogP contribution in [0.25, 0.3) is 11.3 Å². The summed E-state index contributed by atoms with van der Waals surface area (Å²) in [5, 5.41) is 3.38. The van der Waals surface area contributed by atoms with E-state index in [9.17, 15) is 4.39 Å². The Morgan fingerprint density at radius 1 is 1.22 bits per heavy atom. The highest BCUT2D eigenvalue weighted by molar-refractivity contribution is 5.57. The molecule has 1 aliphatic heterocycles. The maximum atomic E-state index is 13.1. The Morgan fingerprint density at radius 2 is 2.17 bits per heavy atom. The van der Waals surface area contributed by atoms with Gasteiger partial charge in [-0.15, -0.1) is 0 Å². The van der Waals surface area contributed by atoms with Gasteiger partial charge in [0.15, 0.2) is 0 Å². The van der Waals surface area contributed by atoms with Gasteiger partial charge < -0.3 is 5.32 Å². The number of rotatable bonds is 2. The van der Waals surface area contributed by atoms with Crippen LogP contribution in [0.2, 0.25) is 0 Å². The third-order valence-corrected chi connectivity index (χ3v) is 3.21. The molecule has 4 heteroatoms. The minimum Gasteiger partial charge on any atom is -0.309 e. The number of hydrogen-bond acceptors (Lipinski definition) is 3. The van der Waals surface area contributed by atoms with Crippen LogP contribution in [0.5, 0.6) is 0 Å². The fourth-order valence-electron chi connectivity index (χ4n) is 2.25. The highest BCUT2D eigenvalue weighted by Gasteiger charge is 2.17. The van der Waals surface area contributed by atoms with Gasteiger partial charge in [0, 0.05) is 5.56 Å². The van der Waals surface area contributed by atoms with Crippen molar-refractivity contribution in [2.24, 2.45) is 0 Å². The molecule has 2 heterocycles. The molecule has 0 amide bonds. The van der Waals surface area contributed by atoms with E-state index in [1.807, 2.05) is 6.07 Å². The van der Waals surface area contributed by atoms with Gasteiger partial charge in [-0.25, -0.2) is 4.39 Å². The first kappa shape index (κ1) is 11.3. The van der Waals surface area contributed by atoms with Crippen molar-refractivity contribution in [3.05, 3.63) is 48.2 Å². The Hall–Kier alpha value is -1.81. The van der Waals surface area contributed by atoms with Crippen LogP contribution in [0.3, 0.4) is 0 Å². The van der Waals surface area contributed by atoms with E-state index in [4.69, 9.17) is 0 Å². The average molecular weight is 243 g/mol. The van der Waals surface area contributed by atoms with Crippen LogP contribution in [0.15, 0.2) is 36.7 Å². The SMILES string of the molecule is Fc1cccc(-c2cnc(C3CCCN3)cn2)c1. The smallest absolute Gasteiger partial charge is 0.123 e. The van der Waals surface area contributed by atoms with E-state index >= 15 is 0 Å². The van der Waals surface area contributed by atoms with Gasteiger partial charge >= 0.3 is 0 Å². The van der Waals surface area contributed by atoms with Gasteiger partial charge in [-0.2, -0.15) is 0 Å². The molecule has 3 rings (SSSR count). The van der Waals surface area contributed by atoms with Gasteiger partial charge in [0.05, 0.1) is 29.8 Å². The lowest BCUT2D eigenvalue weighted by atomic mass is 10.1. The lowest BCUT2D eigenvalue weighted by Gasteiger charge is -2.09. The second-order valence-electron chi connectivity index (χ2n) is 4.49. The van der Waals surface area contributed by atoms with Crippen LogP contribution in [-0.2, 0) is 0 Å². The summed E-state index contributed by atoms with van der Waals surface area (Å²) in [7, 11) is 0. The maximum absolute atomic E-state index is 13.1. The van der Waals surface area contributed by atoms with Crippen molar-refractivity contribution >= 4 is 0 Å². The highest BCUT2D eigenvalue weighted by Crippen LogP contribution is 2.22. The minimum atomic E-state index is -0.254. The van der Waals surface area contributed by atoms with Crippen molar-refractivity contribution in [1.82, 2.24) is 15.3 Å². The Balaban J connectivity index is 1.86. The van der Waals surface area contributed by atoms with Crippen LogP contribution in [0.1, 0.15) is 24.6 Å². The third kappa shape index (κ3) is 2.24. The Kier molecular flexibility index (Phi) is 3.02. The molecule has 1 fully saturated rings. The molecule has 1 N–H and O–H groups in total. The lowest BCUT2D eigenvalue weighted by molar-refractivity contribution is 0.624. The molecule has 0 spiro atoms. The van der Waals surface area contributed by atoms with Crippen molar-refractivity contribution in [2.45, 2.75) is 18.9 Å². The Bertz CT molecular complexity index is 533. The first-order chi connectivity index (χ1) is 8.83. The van der Waals surface area contributed by atoms with Crippen LogP contribution in [-0.4, -0.2) is 16.5 Å². The lowest BCUT2D eigenvalue weighted by Crippen LogP contribution is -2.14. The van der Waals surface area contributed by atoms with Gasteiger partial charge in [-0.3, -0.25) is 9.97 Å². The highest BCUT2D eigenvalue weighted by atomic mass is 19.1. The topological polar surface area (TPSA) is 37.8 Å². The van der Waals surface area contributed by atoms with Gasteiger partial charge in [-0.1, -0.05) is 12.1 Å². The van der Waals surface area contributed by atoms with E-state index in [1.54, 1.807) is 18.5 Å². The molecule has 1 aromatic heterocycles. The summed E-state index contributed by atoms with van der Waals surface area (Å²) in [4.78, 5) is 8.78. The number of hydrogen-bond donors (Lipinski definition) is 1. The Morgan fingerprint density at radius 3 is 2.83 bits per heavy atom. The zero-order chi connectivity index (χ0) is 12.4. The number of halogens is 1. The summed E-state index contributed by atoms with van der Waals surface area (Å²) in [6.45, 7) is 1.04. The number of aromatic nitrogens is 2. The molecule has 0 aliphatic carbocycles. The van der Waals surface area contributed by atoms with Crippen molar-refractivity contribution in [2.75, 3.05) is 6.54 Å². The fraction of sp³-hybridized carbons (Fsp3) is 0.286. The summed E-state index contributed by atoms with van der Waals surface area (Å²) in [6, 6.07) is 6.73. The molecule has 1 unspecified atom stereocenters. The van der Waals surface area contributed by atoms with E-state index in [2.05, 4.69) is 15.3 Å². The second kappa shape index (κ2) is 4.82. The van der Waals surface area contributed by atoms with E-state index in [0.717, 1.165) is 24.2 Å². The zero-order valence-electron chi connectivity index (χ0n) is 9.94. The van der Waals surface area contributed by atoms with Crippen LogP contribution >= 0.6 is 0 Å². The van der Waals surface area contributed by atoms with E-state index in [0.29, 0.717) is 11.7 Å². The number of benzene rings is 1. The largest absolute Gasteiger partial charge is 0.309 e. The van der Waals surface area contributed by atoms with Gasteiger partial charge in [0.2, 0.25) is 0 Å². The predicted octanol–water partition coefficient (Wildman–Crippen LogP) is 2.71. The van der Waals surface area contributed by atoms with Crippen LogP contribution in [0.4, 0.5) is 4.39 Å². The van der Waals surface area contributed by atoms with Crippen molar-refractivity contribution < 1.29 is 4.39 Å². The Labute approximate surface area is 105 Å². The van der Waals surface area contributed by atoms with Crippen molar-refractivity contribution in [1.29, 1.82) is 0 Å². The number of nitrogens with zero attached hydrogens (tertiary/aromatic N) is 2. The molecule has 1 aromatic carbocycles. The molecular weight excluding hydrogens is 229 g/mol. The average Bonchev–Trinajstić information content (AvgIpc) is 2.93. The van der Waals surface area contributed by atoms with Gasteiger partial charge in [0.25, 0.3) is 0 Å². The van der Waals surface area contributed by atoms with Crippen LogP contribution < -0.4 is 5.32 Å². The molecule has 18 heavy (non-hydrogen) atoms. The molecule has 0 bridgehead atoms. The predicted molar refractivity (Wildman–Crippen MR) is 67.4 cm³/mol. The molecular formula is C14H14FN3. The fourth-order valence-corrected chi connectivity index (χ4v) is 2.25. The zero-order valence-corrected chi connectivity index (χ0v) is 9.94. The van der Waals surface area contributed by atoms with E-state index in [1.165, 1.54) is 18.6 Å². The van der Waals surface area contributed by atoms with Gasteiger partial charge in [0.1, 0.15) is 5.82 Å². The molecule has 0 saturated carbocycles. The van der Waals surface area contributed by atoms with Crippen LogP contribution in [0, 0.1) is 5.82 Å². The van der Waals surface area contributed by atoms with Crippen molar-refractivity contribution in [3.63, 3.8) is 0 Å². The quantitative estimate of drug-likeness (QED) is 0.881. The molecule has 1 atom stereocenters. The first-order valence-electron chi connectivity index (χ1n) is 6.14. The third-order valence-electron chi connectivity index (χ3n) is 3.21. The molecule has 3 nitrogen and oxygen atoms in total. The standard InChI is InChI=1S/C14H14FN3/c15-11-4-1-3-10(7-11)13-8-18-14(9-17-13)12-5-2-6-16-12/h1,3-4,7-9,12,16H,2,5-6H2. The second-order valence-corrected chi connectivity index (χ2v) is 4.49. The summed E-state index contributed by atoms with van der Waals surface area (Å²) in [6.07, 6.45) is 5.78. The summed E-state index contributed by atoms with van der Waals surface area (Å²) in [5.74, 6) is -0.254. The maximum Gasteiger partial charge on any atom is 0.123 e. The first-order valence-corrected chi connectivity index (χ1v) is 6.14. The molecule has 2 aromatic rings. The van der Waals surface area contributed by atoms with E-state index < -0.39 is 0 Å². The molecule has 1 saturated heterocycles. The normalized spacial score (nSPS) is 19.1. The monoisotopic (exact) mass is 243 g/mol. The summed E-state index contributed by atoms with van der Waals surface area (Å²) in [5.41, 5.74) is 2.43. The van der Waals surface area contributed by atoms with E-state index in [-0.39, 0.29) is 5.82 Å².